The van der Waals surface area contributed by atoms with E-state index in [9.17, 15) is 4.79 Å². The highest BCUT2D eigenvalue weighted by atomic mass is 16.5. The van der Waals surface area contributed by atoms with Crippen LogP contribution in [0.4, 0.5) is 0 Å². The molecule has 1 aliphatic carbocycles. The minimum absolute atomic E-state index is 0.313. The van der Waals surface area contributed by atoms with Crippen molar-refractivity contribution in [3.8, 4) is 11.5 Å². The van der Waals surface area contributed by atoms with Gasteiger partial charge in [0.1, 0.15) is 11.5 Å². The second-order valence-corrected chi connectivity index (χ2v) is 9.86. The van der Waals surface area contributed by atoms with E-state index in [1.165, 1.54) is 63.4 Å². The molecule has 0 amide bonds. The molecule has 0 heterocycles. The predicted octanol–water partition coefficient (Wildman–Crippen LogP) is 8.57. The molecule has 2 aromatic rings. The average Bonchev–Trinajstić information content (AvgIpc) is 2.85. The number of hydrogen-bond acceptors (Lipinski definition) is 3. The number of carbonyl (C=O) groups is 1. The van der Waals surface area contributed by atoms with Gasteiger partial charge in [-0.15, -0.1) is 0 Å². The summed E-state index contributed by atoms with van der Waals surface area (Å²) in [6.07, 6.45) is 12.6. The van der Waals surface area contributed by atoms with Crippen LogP contribution in [0.2, 0.25) is 0 Å². The molecule has 1 aliphatic rings. The van der Waals surface area contributed by atoms with E-state index in [2.05, 4.69) is 32.9 Å². The molecule has 0 N–H and O–H groups in total. The summed E-state index contributed by atoms with van der Waals surface area (Å²) in [5, 5.41) is 0. The summed E-state index contributed by atoms with van der Waals surface area (Å²) in [5.41, 5.74) is 1.95. The third-order valence-electron chi connectivity index (χ3n) is 7.20. The van der Waals surface area contributed by atoms with Crippen molar-refractivity contribution >= 4 is 5.97 Å². The number of esters is 1. The first kappa shape index (κ1) is 25.3. The summed E-state index contributed by atoms with van der Waals surface area (Å²) in [7, 11) is 0. The Balaban J connectivity index is 1.45. The van der Waals surface area contributed by atoms with Crippen molar-refractivity contribution < 1.29 is 14.3 Å². The Kier molecular flexibility index (Phi) is 10.3. The van der Waals surface area contributed by atoms with Gasteiger partial charge in [-0.05, 0) is 98.2 Å². The Labute approximate surface area is 200 Å². The number of benzene rings is 2. The Bertz CT molecular complexity index is 817. The van der Waals surface area contributed by atoms with Crippen LogP contribution in [0.5, 0.6) is 11.5 Å². The summed E-state index contributed by atoms with van der Waals surface area (Å²) < 4.78 is 11.3. The van der Waals surface area contributed by atoms with Crippen molar-refractivity contribution in [2.75, 3.05) is 6.61 Å². The minimum Gasteiger partial charge on any atom is -0.494 e. The topological polar surface area (TPSA) is 35.5 Å². The fraction of sp³-hybridized carbons (Fsp3) is 0.567. The van der Waals surface area contributed by atoms with Gasteiger partial charge in [0, 0.05) is 0 Å². The van der Waals surface area contributed by atoms with Crippen molar-refractivity contribution in [2.45, 2.75) is 90.9 Å². The standard InChI is InChI=1S/C30H42O3/c1-4-6-7-8-21-32-28-17-19-29(20-18-28)33-30(31)27-15-13-26(14-16-27)25-11-9-24(10-12-25)22-23(3)5-2/h13-20,23-25H,4-12,21-22H2,1-3H3. The summed E-state index contributed by atoms with van der Waals surface area (Å²) in [6, 6.07) is 15.4. The molecular weight excluding hydrogens is 408 g/mol. The molecule has 180 valence electrons. The first-order valence-corrected chi connectivity index (χ1v) is 13.1. The Morgan fingerprint density at radius 2 is 1.55 bits per heavy atom. The van der Waals surface area contributed by atoms with Crippen LogP contribution in [-0.4, -0.2) is 12.6 Å². The summed E-state index contributed by atoms with van der Waals surface area (Å²) in [5.74, 6) is 3.40. The molecular formula is C30H42O3. The number of ether oxygens (including phenoxy) is 2. The van der Waals surface area contributed by atoms with Gasteiger partial charge >= 0.3 is 5.97 Å². The smallest absolute Gasteiger partial charge is 0.343 e. The van der Waals surface area contributed by atoms with Crippen LogP contribution >= 0.6 is 0 Å². The van der Waals surface area contributed by atoms with Gasteiger partial charge in [0.2, 0.25) is 0 Å². The summed E-state index contributed by atoms with van der Waals surface area (Å²) in [4.78, 5) is 12.6. The molecule has 0 spiro atoms. The van der Waals surface area contributed by atoms with Crippen LogP contribution in [-0.2, 0) is 0 Å². The van der Waals surface area contributed by atoms with Crippen LogP contribution in [0.15, 0.2) is 48.5 Å². The molecule has 1 atom stereocenters. The lowest BCUT2D eigenvalue weighted by molar-refractivity contribution is 0.0734. The lowest BCUT2D eigenvalue weighted by Gasteiger charge is -2.30. The first-order valence-electron chi connectivity index (χ1n) is 13.1. The van der Waals surface area contributed by atoms with E-state index in [1.54, 1.807) is 12.1 Å². The quantitative estimate of drug-likeness (QED) is 0.184. The van der Waals surface area contributed by atoms with Crippen molar-refractivity contribution in [2.24, 2.45) is 11.8 Å². The normalized spacial score (nSPS) is 19.1. The maximum absolute atomic E-state index is 12.6. The second-order valence-electron chi connectivity index (χ2n) is 9.86. The van der Waals surface area contributed by atoms with Gasteiger partial charge in [-0.1, -0.05) is 58.6 Å². The zero-order valence-corrected chi connectivity index (χ0v) is 20.9. The van der Waals surface area contributed by atoms with Crippen LogP contribution in [0.3, 0.4) is 0 Å². The minimum atomic E-state index is -0.313. The molecule has 0 aromatic heterocycles. The fourth-order valence-electron chi connectivity index (χ4n) is 4.85. The fourth-order valence-corrected chi connectivity index (χ4v) is 4.85. The predicted molar refractivity (Wildman–Crippen MR) is 136 cm³/mol. The monoisotopic (exact) mass is 450 g/mol. The molecule has 0 bridgehead atoms. The average molecular weight is 451 g/mol. The molecule has 33 heavy (non-hydrogen) atoms. The lowest BCUT2D eigenvalue weighted by Crippen LogP contribution is -2.16. The number of hydrogen-bond donors (Lipinski definition) is 0. The number of unbranched alkanes of at least 4 members (excludes halogenated alkanes) is 3. The molecule has 0 saturated heterocycles. The highest BCUT2D eigenvalue weighted by molar-refractivity contribution is 5.91. The van der Waals surface area contributed by atoms with Gasteiger partial charge < -0.3 is 9.47 Å². The molecule has 1 fully saturated rings. The van der Waals surface area contributed by atoms with E-state index in [0.29, 0.717) is 17.2 Å². The largest absolute Gasteiger partial charge is 0.494 e. The van der Waals surface area contributed by atoms with Gasteiger partial charge in [-0.2, -0.15) is 0 Å². The van der Waals surface area contributed by atoms with Gasteiger partial charge in [0.25, 0.3) is 0 Å². The van der Waals surface area contributed by atoms with Crippen molar-refractivity contribution in [1.82, 2.24) is 0 Å². The maximum atomic E-state index is 12.6. The van der Waals surface area contributed by atoms with E-state index in [1.807, 2.05) is 24.3 Å². The van der Waals surface area contributed by atoms with E-state index >= 15 is 0 Å². The van der Waals surface area contributed by atoms with E-state index in [4.69, 9.17) is 9.47 Å². The summed E-state index contributed by atoms with van der Waals surface area (Å²) >= 11 is 0. The van der Waals surface area contributed by atoms with Crippen LogP contribution in [0, 0.1) is 11.8 Å². The first-order chi connectivity index (χ1) is 16.1. The maximum Gasteiger partial charge on any atom is 0.343 e. The second kappa shape index (κ2) is 13.4. The third-order valence-corrected chi connectivity index (χ3v) is 7.20. The molecule has 0 aliphatic heterocycles. The Hall–Kier alpha value is -2.29. The van der Waals surface area contributed by atoms with Crippen LogP contribution < -0.4 is 9.47 Å². The number of carbonyl (C=O) groups excluding carboxylic acids is 1. The van der Waals surface area contributed by atoms with E-state index in [-0.39, 0.29) is 5.97 Å². The highest BCUT2D eigenvalue weighted by Crippen LogP contribution is 2.38. The molecule has 3 rings (SSSR count). The highest BCUT2D eigenvalue weighted by Gasteiger charge is 2.23. The molecule has 3 heteroatoms. The SMILES string of the molecule is CCCCCCOc1ccc(OC(=O)c2ccc(C3CCC(CC(C)CC)CC3)cc2)cc1. The summed E-state index contributed by atoms with van der Waals surface area (Å²) in [6.45, 7) is 7.60. The van der Waals surface area contributed by atoms with E-state index in [0.717, 1.165) is 30.6 Å². The van der Waals surface area contributed by atoms with Gasteiger partial charge in [-0.3, -0.25) is 0 Å². The van der Waals surface area contributed by atoms with Crippen LogP contribution in [0.1, 0.15) is 107 Å². The molecule has 1 unspecified atom stereocenters. The van der Waals surface area contributed by atoms with E-state index < -0.39 is 0 Å². The van der Waals surface area contributed by atoms with Crippen molar-refractivity contribution in [3.63, 3.8) is 0 Å². The molecule has 0 radical (unpaired) electrons. The zero-order chi connectivity index (χ0) is 23.5. The van der Waals surface area contributed by atoms with Gasteiger partial charge in [0.05, 0.1) is 12.2 Å². The Morgan fingerprint density at radius 3 is 2.18 bits per heavy atom. The zero-order valence-electron chi connectivity index (χ0n) is 20.9. The van der Waals surface area contributed by atoms with Gasteiger partial charge in [-0.25, -0.2) is 4.79 Å². The number of rotatable bonds is 12. The van der Waals surface area contributed by atoms with Crippen molar-refractivity contribution in [3.05, 3.63) is 59.7 Å². The third kappa shape index (κ3) is 8.21. The molecule has 3 nitrogen and oxygen atoms in total. The lowest BCUT2D eigenvalue weighted by atomic mass is 9.75. The van der Waals surface area contributed by atoms with Gasteiger partial charge in [0.15, 0.2) is 0 Å². The Morgan fingerprint density at radius 1 is 0.879 bits per heavy atom. The molecule has 2 aromatic carbocycles. The molecule has 1 saturated carbocycles. The van der Waals surface area contributed by atoms with Crippen molar-refractivity contribution in [1.29, 1.82) is 0 Å². The van der Waals surface area contributed by atoms with Crippen LogP contribution in [0.25, 0.3) is 0 Å².